The van der Waals surface area contributed by atoms with Crippen LogP contribution in [0.25, 0.3) is 6.08 Å². The minimum absolute atomic E-state index is 0.00512. The van der Waals surface area contributed by atoms with Crippen molar-refractivity contribution in [3.63, 3.8) is 0 Å². The van der Waals surface area contributed by atoms with Crippen molar-refractivity contribution in [3.8, 4) is 23.0 Å². The second-order valence-corrected chi connectivity index (χ2v) is 8.17. The topological polar surface area (TPSA) is 97.4 Å². The molecule has 8 heteroatoms. The van der Waals surface area contributed by atoms with Gasteiger partial charge in [0.2, 0.25) is 5.78 Å². The predicted octanol–water partition coefficient (Wildman–Crippen LogP) is 4.30. The Morgan fingerprint density at radius 2 is 1.72 bits per heavy atom. The molecule has 2 aliphatic rings. The van der Waals surface area contributed by atoms with E-state index in [2.05, 4.69) is 4.74 Å². The summed E-state index contributed by atoms with van der Waals surface area (Å²) in [6.45, 7) is -0.286. The van der Waals surface area contributed by atoms with E-state index in [-0.39, 0.29) is 24.6 Å². The van der Waals surface area contributed by atoms with E-state index in [9.17, 15) is 14.4 Å². The third kappa shape index (κ3) is 4.17. The fraction of sp³-hybridized carbons (Fsp3) is 0.179. The van der Waals surface area contributed by atoms with E-state index in [4.69, 9.17) is 18.9 Å². The van der Waals surface area contributed by atoms with Crippen molar-refractivity contribution in [2.45, 2.75) is 12.3 Å². The molecule has 2 heterocycles. The number of fused-ring (bicyclic) bond motifs is 3. The van der Waals surface area contributed by atoms with E-state index in [1.807, 2.05) is 24.3 Å². The van der Waals surface area contributed by atoms with E-state index in [0.29, 0.717) is 45.3 Å². The molecule has 0 aromatic heterocycles. The number of hydrogen-bond donors (Lipinski definition) is 0. The Balaban J connectivity index is 1.58. The maximum Gasteiger partial charge on any atom is 0.343 e. The third-order valence-electron chi connectivity index (χ3n) is 6.07. The Labute approximate surface area is 207 Å². The van der Waals surface area contributed by atoms with Crippen LogP contribution in [0, 0.1) is 0 Å². The van der Waals surface area contributed by atoms with Crippen molar-refractivity contribution in [1.82, 2.24) is 0 Å². The normalized spacial score (nSPS) is 17.1. The van der Waals surface area contributed by atoms with Crippen molar-refractivity contribution < 1.29 is 38.1 Å². The largest absolute Gasteiger partial charge is 0.496 e. The standard InChI is InChI=1S/C28H22O8/c1-32-20-9-5-3-7-16(20)13-23-27(31)18-11-12-22-26(28(18)36-23)19(14-24(29)35-22)17-8-4-6-10-21(17)34-15-25(30)33-2/h3-13,19H,14-15H2,1-2H3/b23-13-/t19-/m1/s1. The van der Waals surface area contributed by atoms with Gasteiger partial charge in [-0.2, -0.15) is 0 Å². The molecule has 5 rings (SSSR count). The van der Waals surface area contributed by atoms with Gasteiger partial charge in [-0.05, 0) is 30.3 Å². The second-order valence-electron chi connectivity index (χ2n) is 8.17. The summed E-state index contributed by atoms with van der Waals surface area (Å²) in [4.78, 5) is 37.4. The SMILES string of the molecule is COC(=O)COc1ccccc1[C@H]1CC(=O)Oc2ccc3c(c21)O/C(=C\c1ccccc1OC)C3=O. The summed E-state index contributed by atoms with van der Waals surface area (Å²) in [6, 6.07) is 17.6. The Hall–Kier alpha value is -4.59. The summed E-state index contributed by atoms with van der Waals surface area (Å²) in [7, 11) is 2.83. The number of methoxy groups -OCH3 is 2. The monoisotopic (exact) mass is 486 g/mol. The molecule has 3 aromatic carbocycles. The lowest BCUT2D eigenvalue weighted by Gasteiger charge is -2.27. The summed E-state index contributed by atoms with van der Waals surface area (Å²) in [5, 5.41) is 0. The minimum atomic E-state index is -0.533. The van der Waals surface area contributed by atoms with Gasteiger partial charge >= 0.3 is 11.9 Å². The van der Waals surface area contributed by atoms with Gasteiger partial charge in [-0.1, -0.05) is 36.4 Å². The van der Waals surface area contributed by atoms with Crippen molar-refractivity contribution in [1.29, 1.82) is 0 Å². The first-order valence-electron chi connectivity index (χ1n) is 11.2. The van der Waals surface area contributed by atoms with Gasteiger partial charge in [0, 0.05) is 22.6 Å². The summed E-state index contributed by atoms with van der Waals surface area (Å²) in [6.07, 6.45) is 1.63. The van der Waals surface area contributed by atoms with Gasteiger partial charge in [0.1, 0.15) is 23.0 Å². The number of allylic oxidation sites excluding steroid dienone is 1. The first-order chi connectivity index (χ1) is 17.5. The maximum absolute atomic E-state index is 13.3. The molecular weight excluding hydrogens is 464 g/mol. The Kier molecular flexibility index (Phi) is 6.16. The smallest absolute Gasteiger partial charge is 0.343 e. The summed E-state index contributed by atoms with van der Waals surface area (Å²) in [5.41, 5.74) is 2.28. The van der Waals surface area contributed by atoms with Crippen LogP contribution in [0.15, 0.2) is 66.4 Å². The van der Waals surface area contributed by atoms with Gasteiger partial charge in [0.15, 0.2) is 12.4 Å². The third-order valence-corrected chi connectivity index (χ3v) is 6.07. The first-order valence-corrected chi connectivity index (χ1v) is 11.2. The minimum Gasteiger partial charge on any atom is -0.496 e. The van der Waals surface area contributed by atoms with Crippen molar-refractivity contribution in [2.24, 2.45) is 0 Å². The molecule has 8 nitrogen and oxygen atoms in total. The zero-order valence-corrected chi connectivity index (χ0v) is 19.6. The van der Waals surface area contributed by atoms with Gasteiger partial charge in [-0.25, -0.2) is 4.79 Å². The highest BCUT2D eigenvalue weighted by atomic mass is 16.6. The van der Waals surface area contributed by atoms with E-state index in [1.54, 1.807) is 49.6 Å². The van der Waals surface area contributed by atoms with E-state index >= 15 is 0 Å². The summed E-state index contributed by atoms with van der Waals surface area (Å²) >= 11 is 0. The number of carbonyl (C=O) groups is 3. The van der Waals surface area contributed by atoms with Crippen LogP contribution in [0.3, 0.4) is 0 Å². The van der Waals surface area contributed by atoms with Crippen LogP contribution in [-0.2, 0) is 14.3 Å². The summed E-state index contributed by atoms with van der Waals surface area (Å²) < 4.78 is 27.4. The predicted molar refractivity (Wildman–Crippen MR) is 128 cm³/mol. The number of carbonyl (C=O) groups excluding carboxylic acids is 3. The van der Waals surface area contributed by atoms with Gasteiger partial charge < -0.3 is 23.7 Å². The Morgan fingerprint density at radius 3 is 2.50 bits per heavy atom. The van der Waals surface area contributed by atoms with Crippen LogP contribution in [0.1, 0.15) is 39.4 Å². The van der Waals surface area contributed by atoms with Crippen LogP contribution in [0.4, 0.5) is 0 Å². The van der Waals surface area contributed by atoms with Crippen LogP contribution < -0.4 is 18.9 Å². The number of ketones is 1. The molecule has 0 radical (unpaired) electrons. The number of ether oxygens (including phenoxy) is 5. The molecule has 0 saturated carbocycles. The molecule has 1 atom stereocenters. The molecular formula is C28H22O8. The Morgan fingerprint density at radius 1 is 0.972 bits per heavy atom. The van der Waals surface area contributed by atoms with Crippen LogP contribution in [0.5, 0.6) is 23.0 Å². The van der Waals surface area contributed by atoms with Gasteiger partial charge in [0.25, 0.3) is 0 Å². The average molecular weight is 486 g/mol. The van der Waals surface area contributed by atoms with E-state index in [0.717, 1.165) is 0 Å². The van der Waals surface area contributed by atoms with Crippen LogP contribution >= 0.6 is 0 Å². The van der Waals surface area contributed by atoms with Crippen LogP contribution in [0.2, 0.25) is 0 Å². The lowest BCUT2D eigenvalue weighted by Crippen LogP contribution is -2.22. The fourth-order valence-corrected chi connectivity index (χ4v) is 4.39. The molecule has 0 unspecified atom stereocenters. The maximum atomic E-state index is 13.3. The highest BCUT2D eigenvalue weighted by Gasteiger charge is 2.39. The molecule has 0 fully saturated rings. The number of hydrogen-bond acceptors (Lipinski definition) is 8. The number of benzene rings is 3. The molecule has 0 aliphatic carbocycles. The molecule has 0 bridgehead atoms. The molecule has 182 valence electrons. The average Bonchev–Trinajstić information content (AvgIpc) is 3.22. The molecule has 0 N–H and O–H groups in total. The number of rotatable bonds is 6. The van der Waals surface area contributed by atoms with Gasteiger partial charge in [-0.3, -0.25) is 9.59 Å². The highest BCUT2D eigenvalue weighted by molar-refractivity contribution is 6.15. The molecule has 2 aliphatic heterocycles. The lowest BCUT2D eigenvalue weighted by molar-refractivity contribution is -0.143. The van der Waals surface area contributed by atoms with Crippen molar-refractivity contribution in [3.05, 3.63) is 88.7 Å². The van der Waals surface area contributed by atoms with E-state index in [1.165, 1.54) is 7.11 Å². The molecule has 0 saturated heterocycles. The highest BCUT2D eigenvalue weighted by Crippen LogP contribution is 2.50. The first kappa shape index (κ1) is 23.2. The summed E-state index contributed by atoms with van der Waals surface area (Å²) in [5.74, 6) is 0.0199. The Bertz CT molecular complexity index is 1400. The second kappa shape index (κ2) is 9.58. The van der Waals surface area contributed by atoms with Crippen molar-refractivity contribution >= 4 is 23.8 Å². The number of para-hydroxylation sites is 2. The number of Topliss-reactive ketones (excluding diaryl/α,β-unsaturated/α-hetero) is 1. The van der Waals surface area contributed by atoms with Gasteiger partial charge in [0.05, 0.1) is 26.2 Å². The van der Waals surface area contributed by atoms with Crippen molar-refractivity contribution in [2.75, 3.05) is 20.8 Å². The zero-order chi connectivity index (χ0) is 25.2. The van der Waals surface area contributed by atoms with Crippen LogP contribution in [-0.4, -0.2) is 38.5 Å². The fourth-order valence-electron chi connectivity index (χ4n) is 4.39. The number of esters is 2. The quantitative estimate of drug-likeness (QED) is 0.289. The molecule has 3 aromatic rings. The molecule has 36 heavy (non-hydrogen) atoms. The lowest BCUT2D eigenvalue weighted by atomic mass is 9.84. The zero-order valence-electron chi connectivity index (χ0n) is 19.6. The van der Waals surface area contributed by atoms with E-state index < -0.39 is 17.9 Å². The molecule has 0 spiro atoms. The van der Waals surface area contributed by atoms with Gasteiger partial charge in [-0.15, -0.1) is 0 Å². The molecule has 0 amide bonds.